The van der Waals surface area contributed by atoms with Crippen molar-refractivity contribution in [3.8, 4) is 0 Å². The third-order valence-electron chi connectivity index (χ3n) is 5.08. The highest BCUT2D eigenvalue weighted by atomic mass is 35.5. The third-order valence-corrected chi connectivity index (χ3v) is 5.33. The first-order valence-corrected chi connectivity index (χ1v) is 9.33. The second-order valence-corrected chi connectivity index (χ2v) is 7.24. The van der Waals surface area contributed by atoms with Gasteiger partial charge in [0.2, 0.25) is 0 Å². The fourth-order valence-electron chi connectivity index (χ4n) is 3.62. The summed E-state index contributed by atoms with van der Waals surface area (Å²) in [4.78, 5) is 11.8. The fourth-order valence-corrected chi connectivity index (χ4v) is 3.75. The summed E-state index contributed by atoms with van der Waals surface area (Å²) >= 11 is 5.96. The minimum atomic E-state index is -0.880. The Labute approximate surface area is 158 Å². The number of carboxylic acid groups (broad SMARTS) is 1. The number of hydrogen-bond acceptors (Lipinski definition) is 3. The van der Waals surface area contributed by atoms with Gasteiger partial charge < -0.3 is 19.7 Å². The van der Waals surface area contributed by atoms with Crippen LogP contribution in [0.2, 0.25) is 5.02 Å². The van der Waals surface area contributed by atoms with Crippen molar-refractivity contribution in [1.29, 1.82) is 0 Å². The normalized spacial score (nSPS) is 17.0. The molecule has 2 aromatic rings. The van der Waals surface area contributed by atoms with Crippen LogP contribution >= 0.6 is 11.6 Å². The Bertz CT molecular complexity index is 777. The summed E-state index contributed by atoms with van der Waals surface area (Å²) < 4.78 is 7.69. The number of aromatic carboxylic acids is 1. The second kappa shape index (κ2) is 8.25. The lowest BCUT2D eigenvalue weighted by atomic mass is 10.1. The van der Waals surface area contributed by atoms with Crippen molar-refractivity contribution in [2.75, 3.05) is 13.2 Å². The van der Waals surface area contributed by atoms with Gasteiger partial charge in [0.05, 0.1) is 11.7 Å². The van der Waals surface area contributed by atoms with Crippen LogP contribution in [0.1, 0.15) is 45.7 Å². The van der Waals surface area contributed by atoms with Crippen LogP contribution in [0.25, 0.3) is 0 Å². The lowest BCUT2D eigenvalue weighted by Crippen LogP contribution is -2.26. The summed E-state index contributed by atoms with van der Waals surface area (Å²) in [6.07, 6.45) is 2.40. The zero-order valence-corrected chi connectivity index (χ0v) is 16.0. The molecule has 2 N–H and O–H groups in total. The Morgan fingerprint density at radius 3 is 2.65 bits per heavy atom. The third kappa shape index (κ3) is 4.11. The average Bonchev–Trinajstić information content (AvgIpc) is 3.19. The Balaban J connectivity index is 1.80. The summed E-state index contributed by atoms with van der Waals surface area (Å²) in [5, 5.41) is 13.8. The summed E-state index contributed by atoms with van der Waals surface area (Å²) in [5.74, 6) is -0.880. The summed E-state index contributed by atoms with van der Waals surface area (Å²) in [6.45, 7) is 6.58. The van der Waals surface area contributed by atoms with Gasteiger partial charge in [-0.3, -0.25) is 0 Å². The maximum absolute atomic E-state index is 11.8. The van der Waals surface area contributed by atoms with Gasteiger partial charge in [-0.25, -0.2) is 4.79 Å². The van der Waals surface area contributed by atoms with Crippen molar-refractivity contribution in [3.63, 3.8) is 0 Å². The molecule has 0 saturated carbocycles. The molecule has 1 saturated heterocycles. The molecule has 1 aromatic heterocycles. The molecule has 1 atom stereocenters. The van der Waals surface area contributed by atoms with Gasteiger partial charge in [0, 0.05) is 48.2 Å². The number of nitrogens with one attached hydrogen (secondary N) is 1. The molecule has 140 valence electrons. The van der Waals surface area contributed by atoms with E-state index >= 15 is 0 Å². The van der Waals surface area contributed by atoms with Crippen molar-refractivity contribution in [2.24, 2.45) is 0 Å². The fraction of sp³-hybridized carbons (Fsp3) is 0.450. The van der Waals surface area contributed by atoms with E-state index in [-0.39, 0.29) is 6.10 Å². The number of nitrogens with zero attached hydrogens (tertiary/aromatic N) is 1. The molecule has 3 rings (SSSR count). The number of halogens is 1. The molecule has 0 unspecified atom stereocenters. The molecular weight excluding hydrogens is 352 g/mol. The minimum Gasteiger partial charge on any atom is -0.478 e. The van der Waals surface area contributed by atoms with E-state index in [1.165, 1.54) is 0 Å². The number of carbonyl (C=O) groups is 1. The SMILES string of the molecule is Cc1c(CNC[C@@H]2CCCO2)c(C(=O)O)c(C)n1Cc1ccc(Cl)cc1. The van der Waals surface area contributed by atoms with Crippen LogP contribution in [0, 0.1) is 13.8 Å². The highest BCUT2D eigenvalue weighted by molar-refractivity contribution is 6.30. The van der Waals surface area contributed by atoms with E-state index in [0.29, 0.717) is 23.7 Å². The number of ether oxygens (including phenoxy) is 1. The van der Waals surface area contributed by atoms with Gasteiger partial charge in [-0.1, -0.05) is 23.7 Å². The average molecular weight is 377 g/mol. The van der Waals surface area contributed by atoms with E-state index in [4.69, 9.17) is 16.3 Å². The molecule has 0 spiro atoms. The Kier molecular flexibility index (Phi) is 6.01. The first-order valence-electron chi connectivity index (χ1n) is 8.96. The maximum atomic E-state index is 11.8. The Morgan fingerprint density at radius 1 is 1.31 bits per heavy atom. The van der Waals surface area contributed by atoms with Gasteiger partial charge in [-0.05, 0) is 44.4 Å². The molecule has 1 aliphatic heterocycles. The van der Waals surface area contributed by atoms with E-state index in [9.17, 15) is 9.90 Å². The largest absolute Gasteiger partial charge is 0.478 e. The molecule has 0 radical (unpaired) electrons. The van der Waals surface area contributed by atoms with Crippen molar-refractivity contribution >= 4 is 17.6 Å². The molecule has 5 nitrogen and oxygen atoms in total. The van der Waals surface area contributed by atoms with Gasteiger partial charge in [-0.15, -0.1) is 0 Å². The van der Waals surface area contributed by atoms with E-state index in [2.05, 4.69) is 9.88 Å². The first-order chi connectivity index (χ1) is 12.5. The lowest BCUT2D eigenvalue weighted by Gasteiger charge is -2.12. The molecule has 1 aliphatic rings. The predicted molar refractivity (Wildman–Crippen MR) is 102 cm³/mol. The molecule has 26 heavy (non-hydrogen) atoms. The van der Waals surface area contributed by atoms with E-state index in [1.807, 2.05) is 38.1 Å². The van der Waals surface area contributed by atoms with Crippen LogP contribution in [-0.2, 0) is 17.8 Å². The number of benzene rings is 1. The van der Waals surface area contributed by atoms with Crippen LogP contribution in [-0.4, -0.2) is 34.9 Å². The number of rotatable bonds is 7. The van der Waals surface area contributed by atoms with Gasteiger partial charge in [0.15, 0.2) is 0 Å². The van der Waals surface area contributed by atoms with Crippen molar-refractivity contribution in [1.82, 2.24) is 9.88 Å². The van der Waals surface area contributed by atoms with Crippen molar-refractivity contribution in [2.45, 2.75) is 45.9 Å². The highest BCUT2D eigenvalue weighted by Crippen LogP contribution is 2.24. The van der Waals surface area contributed by atoms with Crippen LogP contribution in [0.4, 0.5) is 0 Å². The van der Waals surface area contributed by atoms with Gasteiger partial charge in [-0.2, -0.15) is 0 Å². The molecule has 1 aromatic carbocycles. The Hall–Kier alpha value is -1.82. The quantitative estimate of drug-likeness (QED) is 0.772. The molecule has 0 bridgehead atoms. The van der Waals surface area contributed by atoms with Crippen LogP contribution < -0.4 is 5.32 Å². The minimum absolute atomic E-state index is 0.237. The van der Waals surface area contributed by atoms with Crippen LogP contribution in [0.5, 0.6) is 0 Å². The van der Waals surface area contributed by atoms with Gasteiger partial charge in [0.1, 0.15) is 0 Å². The summed E-state index contributed by atoms with van der Waals surface area (Å²) in [5.41, 5.74) is 4.10. The summed E-state index contributed by atoms with van der Waals surface area (Å²) in [7, 11) is 0. The zero-order valence-electron chi connectivity index (χ0n) is 15.2. The molecule has 6 heteroatoms. The number of hydrogen-bond donors (Lipinski definition) is 2. The molecule has 1 fully saturated rings. The number of aromatic nitrogens is 1. The first kappa shape index (κ1) is 19.0. The van der Waals surface area contributed by atoms with E-state index in [1.54, 1.807) is 0 Å². The topological polar surface area (TPSA) is 63.5 Å². The zero-order chi connectivity index (χ0) is 18.7. The predicted octanol–water partition coefficient (Wildman–Crippen LogP) is 3.77. The van der Waals surface area contributed by atoms with E-state index < -0.39 is 5.97 Å². The molecular formula is C20H25ClN2O3. The standard InChI is InChI=1S/C20H25ClN2O3/c1-13-18(11-22-10-17-4-3-9-26-17)19(20(24)25)14(2)23(13)12-15-5-7-16(21)8-6-15/h5-8,17,22H,3-4,9-12H2,1-2H3,(H,24,25)/t17-/m0/s1. The molecule has 2 heterocycles. The smallest absolute Gasteiger partial charge is 0.337 e. The van der Waals surface area contributed by atoms with Crippen LogP contribution in [0.15, 0.2) is 24.3 Å². The lowest BCUT2D eigenvalue weighted by molar-refractivity contribution is 0.0694. The highest BCUT2D eigenvalue weighted by Gasteiger charge is 2.23. The van der Waals surface area contributed by atoms with E-state index in [0.717, 1.165) is 48.5 Å². The van der Waals surface area contributed by atoms with Gasteiger partial charge in [0.25, 0.3) is 0 Å². The van der Waals surface area contributed by atoms with Crippen molar-refractivity contribution < 1.29 is 14.6 Å². The van der Waals surface area contributed by atoms with Gasteiger partial charge >= 0.3 is 5.97 Å². The van der Waals surface area contributed by atoms with Crippen molar-refractivity contribution in [3.05, 3.63) is 57.4 Å². The molecule has 0 aliphatic carbocycles. The monoisotopic (exact) mass is 376 g/mol. The second-order valence-electron chi connectivity index (χ2n) is 6.81. The summed E-state index contributed by atoms with van der Waals surface area (Å²) in [6, 6.07) is 7.65. The maximum Gasteiger partial charge on any atom is 0.337 e. The molecule has 0 amide bonds. The Morgan fingerprint density at radius 2 is 2.04 bits per heavy atom. The van der Waals surface area contributed by atoms with Crippen LogP contribution in [0.3, 0.4) is 0 Å². The number of carboxylic acids is 1.